The second-order valence-corrected chi connectivity index (χ2v) is 7.07. The molecule has 0 radical (unpaired) electrons. The van der Waals surface area contributed by atoms with Crippen LogP contribution in [-0.4, -0.2) is 44.1 Å². The third kappa shape index (κ3) is 5.58. The average molecular weight is 299 g/mol. The first-order valence-electron chi connectivity index (χ1n) is 6.27. The number of nitrogens with one attached hydrogen (secondary N) is 1. The van der Waals surface area contributed by atoms with Crippen LogP contribution in [0, 0.1) is 0 Å². The fourth-order valence-corrected chi connectivity index (χ4v) is 3.01. The van der Waals surface area contributed by atoms with Gasteiger partial charge in [0.05, 0.1) is 11.7 Å². The summed E-state index contributed by atoms with van der Waals surface area (Å²) < 4.78 is 22.4. The molecule has 6 nitrogen and oxygen atoms in total. The molecular formula is C13H21N3O3S. The molecule has 7 heteroatoms. The highest BCUT2D eigenvalue weighted by Gasteiger charge is 2.18. The maximum atomic E-state index is 11.2. The van der Waals surface area contributed by atoms with E-state index in [1.165, 1.54) is 6.26 Å². The highest BCUT2D eigenvalue weighted by molar-refractivity contribution is 7.90. The van der Waals surface area contributed by atoms with Crippen LogP contribution in [0.15, 0.2) is 35.5 Å². The van der Waals surface area contributed by atoms with Gasteiger partial charge in [-0.1, -0.05) is 35.5 Å². The Morgan fingerprint density at radius 3 is 2.50 bits per heavy atom. The molecule has 0 saturated carbocycles. The summed E-state index contributed by atoms with van der Waals surface area (Å²) >= 11 is 0. The number of nitrogens with two attached hydrogens (primary N) is 1. The lowest BCUT2D eigenvalue weighted by molar-refractivity contribution is 0.315. The van der Waals surface area contributed by atoms with Crippen LogP contribution in [0.25, 0.3) is 0 Å². The maximum absolute atomic E-state index is 11.2. The second-order valence-electron chi connectivity index (χ2n) is 4.89. The molecule has 1 aromatic rings. The van der Waals surface area contributed by atoms with Crippen molar-refractivity contribution in [1.29, 1.82) is 0 Å². The number of benzene rings is 1. The van der Waals surface area contributed by atoms with E-state index in [-0.39, 0.29) is 23.5 Å². The summed E-state index contributed by atoms with van der Waals surface area (Å²) in [5, 5.41) is 15.0. The van der Waals surface area contributed by atoms with Crippen molar-refractivity contribution in [3.8, 4) is 0 Å². The summed E-state index contributed by atoms with van der Waals surface area (Å²) in [6, 6.07) is 9.17. The van der Waals surface area contributed by atoms with Crippen molar-refractivity contribution in [1.82, 2.24) is 5.32 Å². The lowest BCUT2D eigenvalue weighted by Crippen LogP contribution is -2.39. The molecule has 1 aromatic carbocycles. The molecule has 0 aliphatic carbocycles. The predicted molar refractivity (Wildman–Crippen MR) is 79.8 cm³/mol. The smallest absolute Gasteiger partial charge is 0.148 e. The maximum Gasteiger partial charge on any atom is 0.148 e. The van der Waals surface area contributed by atoms with Crippen LogP contribution >= 0.6 is 0 Å². The van der Waals surface area contributed by atoms with Gasteiger partial charge in [0.25, 0.3) is 0 Å². The minimum atomic E-state index is -3.04. The number of amidine groups is 1. The van der Waals surface area contributed by atoms with Gasteiger partial charge in [-0.25, -0.2) is 8.42 Å². The van der Waals surface area contributed by atoms with Crippen LogP contribution in [0.2, 0.25) is 0 Å². The van der Waals surface area contributed by atoms with Crippen molar-refractivity contribution in [3.63, 3.8) is 0 Å². The van der Waals surface area contributed by atoms with Crippen molar-refractivity contribution < 1.29 is 13.6 Å². The topological polar surface area (TPSA) is 105 Å². The third-order valence-corrected chi connectivity index (χ3v) is 4.00. The van der Waals surface area contributed by atoms with Crippen LogP contribution in [-0.2, 0) is 9.84 Å². The van der Waals surface area contributed by atoms with Crippen LogP contribution in [0.1, 0.15) is 18.4 Å². The first-order chi connectivity index (χ1) is 9.33. The van der Waals surface area contributed by atoms with Crippen molar-refractivity contribution in [2.24, 2.45) is 10.9 Å². The van der Waals surface area contributed by atoms with E-state index in [4.69, 9.17) is 10.9 Å². The summed E-state index contributed by atoms with van der Waals surface area (Å²) in [5.74, 6) is -0.163. The van der Waals surface area contributed by atoms with Gasteiger partial charge in [0.15, 0.2) is 0 Å². The summed E-state index contributed by atoms with van der Waals surface area (Å²) in [6.45, 7) is 2.19. The number of rotatable bonds is 7. The number of hydrogen-bond acceptors (Lipinski definition) is 5. The van der Waals surface area contributed by atoms with Gasteiger partial charge < -0.3 is 16.3 Å². The Bertz CT molecular complexity index is 543. The SMILES string of the molecule is CC(CS(C)(=O)=O)NCC(C(N)=NO)c1ccccc1. The summed E-state index contributed by atoms with van der Waals surface area (Å²) in [4.78, 5) is 0. The van der Waals surface area contributed by atoms with E-state index in [1.54, 1.807) is 6.92 Å². The molecule has 4 N–H and O–H groups in total. The fraction of sp³-hybridized carbons (Fsp3) is 0.462. The van der Waals surface area contributed by atoms with Crippen LogP contribution < -0.4 is 11.1 Å². The summed E-state index contributed by atoms with van der Waals surface area (Å²) in [5.41, 5.74) is 6.61. The standard InChI is InChI=1S/C13H21N3O3S/c1-10(9-20(2,18)19)15-8-12(13(14)16-17)11-6-4-3-5-7-11/h3-7,10,12,15,17H,8-9H2,1-2H3,(H2,14,16). The molecule has 0 spiro atoms. The quantitative estimate of drug-likeness (QED) is 0.295. The molecule has 2 unspecified atom stereocenters. The first-order valence-corrected chi connectivity index (χ1v) is 8.33. The molecule has 20 heavy (non-hydrogen) atoms. The molecule has 0 amide bonds. The lowest BCUT2D eigenvalue weighted by Gasteiger charge is -2.20. The molecule has 0 bridgehead atoms. The number of sulfone groups is 1. The summed E-state index contributed by atoms with van der Waals surface area (Å²) in [6.07, 6.45) is 1.20. The molecular weight excluding hydrogens is 278 g/mol. The summed E-state index contributed by atoms with van der Waals surface area (Å²) in [7, 11) is -3.04. The zero-order valence-electron chi connectivity index (χ0n) is 11.7. The van der Waals surface area contributed by atoms with Gasteiger partial charge in [-0.3, -0.25) is 0 Å². The van der Waals surface area contributed by atoms with E-state index >= 15 is 0 Å². The Hall–Kier alpha value is -1.60. The van der Waals surface area contributed by atoms with Gasteiger partial charge in [0.2, 0.25) is 0 Å². The zero-order chi connectivity index (χ0) is 15.2. The zero-order valence-corrected chi connectivity index (χ0v) is 12.5. The van der Waals surface area contributed by atoms with E-state index in [0.717, 1.165) is 5.56 Å². The molecule has 2 atom stereocenters. The van der Waals surface area contributed by atoms with Crippen LogP contribution in [0.5, 0.6) is 0 Å². The fourth-order valence-electron chi connectivity index (χ4n) is 1.98. The molecule has 0 fully saturated rings. The predicted octanol–water partition coefficient (Wildman–Crippen LogP) is 0.539. The Morgan fingerprint density at radius 2 is 2.00 bits per heavy atom. The third-order valence-electron chi connectivity index (χ3n) is 2.90. The largest absolute Gasteiger partial charge is 0.409 e. The highest BCUT2D eigenvalue weighted by atomic mass is 32.2. The Morgan fingerprint density at radius 1 is 1.40 bits per heavy atom. The monoisotopic (exact) mass is 299 g/mol. The number of nitrogens with zero attached hydrogens (tertiary/aromatic N) is 1. The van der Waals surface area contributed by atoms with Crippen molar-refractivity contribution >= 4 is 15.7 Å². The van der Waals surface area contributed by atoms with Crippen LogP contribution in [0.3, 0.4) is 0 Å². The Balaban J connectivity index is 2.73. The van der Waals surface area contributed by atoms with Gasteiger partial charge in [-0.2, -0.15) is 0 Å². The van der Waals surface area contributed by atoms with Gasteiger partial charge in [0.1, 0.15) is 15.7 Å². The Kier molecular flexibility index (Phi) is 5.97. The van der Waals surface area contributed by atoms with Crippen LogP contribution in [0.4, 0.5) is 0 Å². The second kappa shape index (κ2) is 7.25. The van der Waals surface area contributed by atoms with Crippen molar-refractivity contribution in [2.45, 2.75) is 18.9 Å². The Labute approximate surface area is 119 Å². The van der Waals surface area contributed by atoms with E-state index in [9.17, 15) is 8.42 Å². The molecule has 0 aromatic heterocycles. The molecule has 1 rings (SSSR count). The van der Waals surface area contributed by atoms with Gasteiger partial charge in [0, 0.05) is 18.8 Å². The number of oxime groups is 1. The molecule has 0 saturated heterocycles. The first kappa shape index (κ1) is 16.5. The highest BCUT2D eigenvalue weighted by Crippen LogP contribution is 2.15. The minimum absolute atomic E-state index is 0.0463. The van der Waals surface area contributed by atoms with Gasteiger partial charge in [-0.15, -0.1) is 0 Å². The molecule has 112 valence electrons. The van der Waals surface area contributed by atoms with E-state index in [1.807, 2.05) is 30.3 Å². The molecule has 0 aliphatic heterocycles. The van der Waals surface area contributed by atoms with Gasteiger partial charge in [-0.05, 0) is 12.5 Å². The van der Waals surface area contributed by atoms with E-state index < -0.39 is 9.84 Å². The minimum Gasteiger partial charge on any atom is -0.409 e. The number of hydrogen-bond donors (Lipinski definition) is 3. The molecule has 0 aliphatic rings. The van der Waals surface area contributed by atoms with Crippen molar-refractivity contribution in [2.75, 3.05) is 18.6 Å². The average Bonchev–Trinajstić information content (AvgIpc) is 2.37. The normalized spacial score (nSPS) is 15.8. The van der Waals surface area contributed by atoms with Gasteiger partial charge >= 0.3 is 0 Å². The van der Waals surface area contributed by atoms with Crippen molar-refractivity contribution in [3.05, 3.63) is 35.9 Å². The van der Waals surface area contributed by atoms with E-state index in [0.29, 0.717) is 6.54 Å². The van der Waals surface area contributed by atoms with E-state index in [2.05, 4.69) is 10.5 Å². The molecule has 0 heterocycles. The lowest BCUT2D eigenvalue weighted by atomic mass is 9.98.